The van der Waals surface area contributed by atoms with Crippen LogP contribution in [-0.2, 0) is 6.54 Å². The lowest BCUT2D eigenvalue weighted by Crippen LogP contribution is -2.18. The Balaban J connectivity index is 2.08. The molecule has 2 aromatic rings. The summed E-state index contributed by atoms with van der Waals surface area (Å²) in [7, 11) is 0. The van der Waals surface area contributed by atoms with Gasteiger partial charge >= 0.3 is 0 Å². The molecule has 0 saturated heterocycles. The van der Waals surface area contributed by atoms with Gasteiger partial charge in [-0.05, 0) is 24.3 Å². The molecule has 22 heavy (non-hydrogen) atoms. The van der Waals surface area contributed by atoms with Crippen LogP contribution in [0.2, 0.25) is 0 Å². The standard InChI is InChI=1S/C17H12N2O3/c18-7-3-9-19-8-2-5-13(19)12-10-15(21)16-11(17(12)22)4-1-6-14(16)20/h1-2,4-6,8,10,20H,3,9H2. The Bertz CT molecular complexity index is 853. The van der Waals surface area contributed by atoms with E-state index in [2.05, 4.69) is 6.07 Å². The first-order chi connectivity index (χ1) is 10.6. The molecule has 0 atom stereocenters. The second-order valence-corrected chi connectivity index (χ2v) is 4.95. The van der Waals surface area contributed by atoms with Crippen LogP contribution < -0.4 is 0 Å². The quantitative estimate of drug-likeness (QED) is 0.942. The molecular formula is C17H12N2O3. The van der Waals surface area contributed by atoms with E-state index in [4.69, 9.17) is 5.26 Å². The fourth-order valence-corrected chi connectivity index (χ4v) is 2.62. The predicted molar refractivity (Wildman–Crippen MR) is 79.4 cm³/mol. The van der Waals surface area contributed by atoms with Crippen LogP contribution in [0.15, 0.2) is 42.6 Å². The van der Waals surface area contributed by atoms with Gasteiger partial charge < -0.3 is 9.67 Å². The monoisotopic (exact) mass is 292 g/mol. The maximum Gasteiger partial charge on any atom is 0.196 e. The molecule has 5 nitrogen and oxygen atoms in total. The minimum atomic E-state index is -0.393. The number of hydrogen-bond acceptors (Lipinski definition) is 4. The maximum absolute atomic E-state index is 12.6. The zero-order valence-corrected chi connectivity index (χ0v) is 11.6. The lowest BCUT2D eigenvalue weighted by molar-refractivity contribution is 0.0998. The highest BCUT2D eigenvalue weighted by Gasteiger charge is 2.29. The summed E-state index contributed by atoms with van der Waals surface area (Å²) < 4.78 is 1.77. The number of fused-ring (bicyclic) bond motifs is 1. The predicted octanol–water partition coefficient (Wildman–Crippen LogP) is 2.57. The average molecular weight is 292 g/mol. The number of hydrogen-bond donors (Lipinski definition) is 1. The van der Waals surface area contributed by atoms with E-state index in [1.54, 1.807) is 22.9 Å². The molecule has 1 heterocycles. The number of phenols is 1. The Kier molecular flexibility index (Phi) is 3.36. The van der Waals surface area contributed by atoms with Gasteiger partial charge in [-0.3, -0.25) is 9.59 Å². The maximum atomic E-state index is 12.6. The van der Waals surface area contributed by atoms with Crippen LogP contribution in [0.1, 0.15) is 32.8 Å². The third-order valence-corrected chi connectivity index (χ3v) is 3.62. The van der Waals surface area contributed by atoms with Crippen molar-refractivity contribution in [1.82, 2.24) is 4.57 Å². The summed E-state index contributed by atoms with van der Waals surface area (Å²) in [5.41, 5.74) is 1.13. The molecule has 5 heteroatoms. The number of allylic oxidation sites excluding steroid dienone is 2. The van der Waals surface area contributed by atoms with Crippen molar-refractivity contribution in [3.05, 3.63) is 59.4 Å². The lowest BCUT2D eigenvalue weighted by atomic mass is 9.87. The molecule has 3 rings (SSSR count). The van der Waals surface area contributed by atoms with E-state index in [1.165, 1.54) is 24.3 Å². The second-order valence-electron chi connectivity index (χ2n) is 4.95. The van der Waals surface area contributed by atoms with Crippen LogP contribution in [0.5, 0.6) is 5.75 Å². The van der Waals surface area contributed by atoms with Gasteiger partial charge in [0.05, 0.1) is 29.3 Å². The number of aromatic nitrogens is 1. The highest BCUT2D eigenvalue weighted by atomic mass is 16.3. The molecule has 0 fully saturated rings. The van der Waals surface area contributed by atoms with Crippen LogP contribution in [0.25, 0.3) is 5.57 Å². The third kappa shape index (κ3) is 2.11. The molecule has 0 amide bonds. The zero-order valence-electron chi connectivity index (χ0n) is 11.6. The van der Waals surface area contributed by atoms with E-state index in [9.17, 15) is 14.7 Å². The molecule has 1 aromatic heterocycles. The fraction of sp³-hybridized carbons (Fsp3) is 0.118. The number of nitriles is 1. The summed E-state index contributed by atoms with van der Waals surface area (Å²) in [6, 6.07) is 10.0. The van der Waals surface area contributed by atoms with E-state index >= 15 is 0 Å². The number of aryl methyl sites for hydroxylation is 1. The Morgan fingerprint density at radius 1 is 1.18 bits per heavy atom. The highest BCUT2D eigenvalue weighted by molar-refractivity contribution is 6.38. The highest BCUT2D eigenvalue weighted by Crippen LogP contribution is 2.32. The molecule has 108 valence electrons. The normalized spacial score (nSPS) is 13.5. The van der Waals surface area contributed by atoms with Gasteiger partial charge in [0.2, 0.25) is 0 Å². The number of nitrogens with zero attached hydrogens (tertiary/aromatic N) is 2. The molecule has 0 unspecified atom stereocenters. The van der Waals surface area contributed by atoms with Gasteiger partial charge in [-0.2, -0.15) is 5.26 Å². The van der Waals surface area contributed by atoms with Gasteiger partial charge in [0.25, 0.3) is 0 Å². The van der Waals surface area contributed by atoms with E-state index < -0.39 is 5.78 Å². The van der Waals surface area contributed by atoms with Crippen LogP contribution >= 0.6 is 0 Å². The summed E-state index contributed by atoms with van der Waals surface area (Å²) in [5.74, 6) is -0.885. The van der Waals surface area contributed by atoms with Gasteiger partial charge in [0.15, 0.2) is 11.6 Å². The van der Waals surface area contributed by atoms with Crippen LogP contribution in [-0.4, -0.2) is 21.2 Å². The number of carbonyl (C=O) groups is 2. The van der Waals surface area contributed by atoms with Crippen LogP contribution in [0.4, 0.5) is 0 Å². The van der Waals surface area contributed by atoms with Crippen molar-refractivity contribution in [2.75, 3.05) is 0 Å². The number of ketones is 2. The summed E-state index contributed by atoms with van der Waals surface area (Å²) in [4.78, 5) is 24.9. The van der Waals surface area contributed by atoms with Crippen LogP contribution in [0, 0.1) is 11.3 Å². The molecule has 1 aliphatic carbocycles. The first-order valence-corrected chi connectivity index (χ1v) is 6.78. The fourth-order valence-electron chi connectivity index (χ4n) is 2.62. The number of carbonyl (C=O) groups excluding carboxylic acids is 2. The second kappa shape index (κ2) is 5.34. The van der Waals surface area contributed by atoms with E-state index in [0.29, 0.717) is 18.7 Å². The minimum absolute atomic E-state index is 0.0476. The Morgan fingerprint density at radius 3 is 2.77 bits per heavy atom. The first-order valence-electron chi connectivity index (χ1n) is 6.78. The van der Waals surface area contributed by atoms with Crippen molar-refractivity contribution in [3.63, 3.8) is 0 Å². The molecule has 0 bridgehead atoms. The molecule has 1 aliphatic rings. The molecule has 0 saturated carbocycles. The summed E-state index contributed by atoms with van der Waals surface area (Å²) in [6.07, 6.45) is 3.33. The van der Waals surface area contributed by atoms with E-state index in [0.717, 1.165) is 0 Å². The van der Waals surface area contributed by atoms with Crippen molar-refractivity contribution < 1.29 is 14.7 Å². The van der Waals surface area contributed by atoms with Crippen molar-refractivity contribution in [2.24, 2.45) is 0 Å². The van der Waals surface area contributed by atoms with Crippen molar-refractivity contribution >= 4 is 17.1 Å². The average Bonchev–Trinajstić information content (AvgIpc) is 2.96. The van der Waals surface area contributed by atoms with Gasteiger partial charge in [-0.25, -0.2) is 0 Å². The summed E-state index contributed by atoms with van der Waals surface area (Å²) in [6.45, 7) is 0.449. The number of aromatic hydroxyl groups is 1. The number of Topliss-reactive ketones (excluding diaryl/α,β-unsaturated/α-hetero) is 1. The molecule has 1 N–H and O–H groups in total. The van der Waals surface area contributed by atoms with Crippen molar-refractivity contribution in [3.8, 4) is 11.8 Å². The Labute approximate surface area is 126 Å². The van der Waals surface area contributed by atoms with E-state index in [-0.39, 0.29) is 28.2 Å². The number of rotatable bonds is 3. The third-order valence-electron chi connectivity index (χ3n) is 3.62. The van der Waals surface area contributed by atoms with Gasteiger partial charge in [0.1, 0.15) is 5.75 Å². The lowest BCUT2D eigenvalue weighted by Gasteiger charge is -2.17. The van der Waals surface area contributed by atoms with Crippen molar-refractivity contribution in [1.29, 1.82) is 5.26 Å². The Hall–Kier alpha value is -3.13. The SMILES string of the molecule is N#CCCn1cccc1C1=CC(=O)c2c(O)cccc2C1=O. The molecule has 1 aromatic carbocycles. The summed E-state index contributed by atoms with van der Waals surface area (Å²) in [5, 5.41) is 18.5. The van der Waals surface area contributed by atoms with Gasteiger partial charge in [-0.1, -0.05) is 12.1 Å². The van der Waals surface area contributed by atoms with Gasteiger partial charge in [-0.15, -0.1) is 0 Å². The van der Waals surface area contributed by atoms with Gasteiger partial charge in [0, 0.05) is 18.3 Å². The number of phenolic OH excluding ortho intramolecular Hbond substituents is 1. The summed E-state index contributed by atoms with van der Waals surface area (Å²) >= 11 is 0. The molecular weight excluding hydrogens is 280 g/mol. The number of benzene rings is 1. The zero-order chi connectivity index (χ0) is 15.7. The van der Waals surface area contributed by atoms with Crippen molar-refractivity contribution in [2.45, 2.75) is 13.0 Å². The Morgan fingerprint density at radius 2 is 2.00 bits per heavy atom. The van der Waals surface area contributed by atoms with E-state index in [1.807, 2.05) is 0 Å². The van der Waals surface area contributed by atoms with Crippen LogP contribution in [0.3, 0.4) is 0 Å². The molecule has 0 spiro atoms. The molecule has 0 aliphatic heterocycles. The topological polar surface area (TPSA) is 83.1 Å². The largest absolute Gasteiger partial charge is 0.507 e. The smallest absolute Gasteiger partial charge is 0.196 e. The first kappa shape index (κ1) is 13.8. The minimum Gasteiger partial charge on any atom is -0.507 e. The molecule has 0 radical (unpaired) electrons.